The number of benzene rings is 1. The summed E-state index contributed by atoms with van der Waals surface area (Å²) >= 11 is 0. The average Bonchev–Trinajstić information content (AvgIpc) is 2.98. The molecule has 1 saturated carbocycles. The summed E-state index contributed by atoms with van der Waals surface area (Å²) in [7, 11) is 0. The summed E-state index contributed by atoms with van der Waals surface area (Å²) in [6.07, 6.45) is 5.86. The van der Waals surface area contributed by atoms with Crippen LogP contribution in [0.15, 0.2) is 24.4 Å². The normalized spacial score (nSPS) is 16.8. The number of aromatic amines is 1. The molecule has 3 heteroatoms. The molecule has 3 rings (SSSR count). The fourth-order valence-corrected chi connectivity index (χ4v) is 2.73. The summed E-state index contributed by atoms with van der Waals surface area (Å²) in [5.74, 6) is 0.00425. The maximum atomic E-state index is 13.5. The first-order chi connectivity index (χ1) is 8.27. The molecule has 0 radical (unpaired) electrons. The largest absolute Gasteiger partial charge is 0.358 e. The Balaban J connectivity index is 2.05. The Kier molecular flexibility index (Phi) is 2.46. The molecule has 0 spiro atoms. The molecule has 1 N–H and O–H groups in total. The molecule has 1 aromatic carbocycles. The molecule has 1 aliphatic carbocycles. The van der Waals surface area contributed by atoms with Gasteiger partial charge in [-0.3, -0.25) is 4.79 Å². The van der Waals surface area contributed by atoms with Crippen molar-refractivity contribution in [1.82, 2.24) is 4.98 Å². The quantitative estimate of drug-likeness (QED) is 0.786. The number of aromatic nitrogens is 1. The highest BCUT2D eigenvalue weighted by molar-refractivity contribution is 6.09. The fraction of sp³-hybridized carbons (Fsp3) is 0.357. The van der Waals surface area contributed by atoms with Crippen LogP contribution >= 0.6 is 0 Å². The summed E-state index contributed by atoms with van der Waals surface area (Å²) in [6, 6.07) is 4.86. The minimum atomic E-state index is -0.298. The molecule has 2 aromatic rings. The smallest absolute Gasteiger partial charge is 0.168 e. The molecule has 1 heterocycles. The van der Waals surface area contributed by atoms with Crippen molar-refractivity contribution in [2.45, 2.75) is 25.7 Å². The zero-order valence-corrected chi connectivity index (χ0v) is 9.50. The second kappa shape index (κ2) is 3.99. The molecular weight excluding hydrogens is 217 g/mol. The van der Waals surface area contributed by atoms with Crippen LogP contribution in [0.5, 0.6) is 0 Å². The van der Waals surface area contributed by atoms with E-state index in [-0.39, 0.29) is 17.5 Å². The number of hydrogen-bond acceptors (Lipinski definition) is 1. The standard InChI is InChI=1S/C14H14FNO/c15-12-7-3-6-10-11(8-16-13(10)12)14(17)9-4-1-2-5-9/h3,6-9,16H,1-2,4-5H2. The van der Waals surface area contributed by atoms with Crippen molar-refractivity contribution in [3.8, 4) is 0 Å². The highest BCUT2D eigenvalue weighted by Gasteiger charge is 2.25. The molecule has 0 bridgehead atoms. The summed E-state index contributed by atoms with van der Waals surface area (Å²) < 4.78 is 13.5. The summed E-state index contributed by atoms with van der Waals surface area (Å²) in [5, 5.41) is 0.710. The van der Waals surface area contributed by atoms with Gasteiger partial charge in [0.1, 0.15) is 5.82 Å². The molecule has 0 aliphatic heterocycles. The van der Waals surface area contributed by atoms with Crippen LogP contribution < -0.4 is 0 Å². The lowest BCUT2D eigenvalue weighted by Gasteiger charge is -2.06. The predicted molar refractivity (Wildman–Crippen MR) is 64.5 cm³/mol. The maximum absolute atomic E-state index is 13.5. The second-order valence-corrected chi connectivity index (χ2v) is 4.71. The number of Topliss-reactive ketones (excluding diaryl/α,β-unsaturated/α-hetero) is 1. The zero-order chi connectivity index (χ0) is 11.8. The SMILES string of the molecule is O=C(c1c[nH]c2c(F)cccc12)C1CCCC1. The van der Waals surface area contributed by atoms with Crippen LogP contribution in [0.25, 0.3) is 10.9 Å². The molecule has 1 fully saturated rings. The number of nitrogens with one attached hydrogen (secondary N) is 1. The van der Waals surface area contributed by atoms with Gasteiger partial charge in [-0.2, -0.15) is 0 Å². The minimum absolute atomic E-state index is 0.136. The Morgan fingerprint density at radius 1 is 1.29 bits per heavy atom. The zero-order valence-electron chi connectivity index (χ0n) is 9.50. The number of hydrogen-bond donors (Lipinski definition) is 1. The highest BCUT2D eigenvalue weighted by Crippen LogP contribution is 2.31. The molecule has 88 valence electrons. The lowest BCUT2D eigenvalue weighted by atomic mass is 9.96. The molecule has 2 nitrogen and oxygen atoms in total. The Labute approximate surface area is 98.8 Å². The Morgan fingerprint density at radius 3 is 2.82 bits per heavy atom. The van der Waals surface area contributed by atoms with E-state index in [2.05, 4.69) is 4.98 Å². The Hall–Kier alpha value is -1.64. The lowest BCUT2D eigenvalue weighted by Crippen LogP contribution is -2.10. The van der Waals surface area contributed by atoms with Gasteiger partial charge in [-0.15, -0.1) is 0 Å². The number of rotatable bonds is 2. The van der Waals surface area contributed by atoms with E-state index >= 15 is 0 Å². The third-order valence-corrected chi connectivity index (χ3v) is 3.66. The van der Waals surface area contributed by atoms with Gasteiger partial charge in [-0.1, -0.05) is 25.0 Å². The number of carbonyl (C=O) groups is 1. The van der Waals surface area contributed by atoms with Crippen molar-refractivity contribution >= 4 is 16.7 Å². The van der Waals surface area contributed by atoms with Gasteiger partial charge < -0.3 is 4.98 Å². The van der Waals surface area contributed by atoms with Gasteiger partial charge in [0.05, 0.1) is 5.52 Å². The first-order valence-electron chi connectivity index (χ1n) is 6.07. The van der Waals surface area contributed by atoms with Gasteiger partial charge in [-0.05, 0) is 18.9 Å². The molecule has 0 amide bonds. The summed E-state index contributed by atoms with van der Waals surface area (Å²) in [4.78, 5) is 15.2. The predicted octanol–water partition coefficient (Wildman–Crippen LogP) is 3.68. The monoisotopic (exact) mass is 231 g/mol. The van der Waals surface area contributed by atoms with Crippen LogP contribution in [0.3, 0.4) is 0 Å². The van der Waals surface area contributed by atoms with Gasteiger partial charge in [0, 0.05) is 23.1 Å². The lowest BCUT2D eigenvalue weighted by molar-refractivity contribution is 0.0924. The second-order valence-electron chi connectivity index (χ2n) is 4.71. The molecular formula is C14H14FNO. The van der Waals surface area contributed by atoms with E-state index in [0.717, 1.165) is 25.7 Å². The minimum Gasteiger partial charge on any atom is -0.358 e. The van der Waals surface area contributed by atoms with E-state index in [4.69, 9.17) is 0 Å². The van der Waals surface area contributed by atoms with E-state index < -0.39 is 0 Å². The molecule has 17 heavy (non-hydrogen) atoms. The number of H-pyrrole nitrogens is 1. The molecule has 0 saturated heterocycles. The van der Waals surface area contributed by atoms with Crippen LogP contribution in [-0.4, -0.2) is 10.8 Å². The third kappa shape index (κ3) is 1.66. The van der Waals surface area contributed by atoms with Gasteiger partial charge in [-0.25, -0.2) is 4.39 Å². The number of halogens is 1. The number of carbonyl (C=O) groups excluding carboxylic acids is 1. The number of fused-ring (bicyclic) bond motifs is 1. The van der Waals surface area contributed by atoms with Crippen molar-refractivity contribution in [1.29, 1.82) is 0 Å². The molecule has 0 unspecified atom stereocenters. The molecule has 1 aromatic heterocycles. The van der Waals surface area contributed by atoms with Crippen molar-refractivity contribution in [3.05, 3.63) is 35.8 Å². The van der Waals surface area contributed by atoms with Crippen molar-refractivity contribution in [2.24, 2.45) is 5.92 Å². The average molecular weight is 231 g/mol. The number of ketones is 1. The Morgan fingerprint density at radius 2 is 2.06 bits per heavy atom. The van der Waals surface area contributed by atoms with E-state index in [1.807, 2.05) is 0 Å². The molecule has 0 atom stereocenters. The Bertz CT molecular complexity index is 567. The van der Waals surface area contributed by atoms with E-state index in [1.165, 1.54) is 6.07 Å². The summed E-state index contributed by atoms with van der Waals surface area (Å²) in [6.45, 7) is 0. The fourth-order valence-electron chi connectivity index (χ4n) is 2.73. The first kappa shape index (κ1) is 10.5. The third-order valence-electron chi connectivity index (χ3n) is 3.66. The summed E-state index contributed by atoms with van der Waals surface area (Å²) in [5.41, 5.74) is 1.08. The van der Waals surface area contributed by atoms with Gasteiger partial charge in [0.15, 0.2) is 5.78 Å². The van der Waals surface area contributed by atoms with Crippen LogP contribution in [-0.2, 0) is 0 Å². The van der Waals surface area contributed by atoms with E-state index in [0.29, 0.717) is 16.5 Å². The van der Waals surface area contributed by atoms with Crippen LogP contribution in [0.4, 0.5) is 4.39 Å². The maximum Gasteiger partial charge on any atom is 0.168 e. The number of para-hydroxylation sites is 1. The highest BCUT2D eigenvalue weighted by atomic mass is 19.1. The van der Waals surface area contributed by atoms with Gasteiger partial charge >= 0.3 is 0 Å². The van der Waals surface area contributed by atoms with Crippen molar-refractivity contribution in [3.63, 3.8) is 0 Å². The van der Waals surface area contributed by atoms with Gasteiger partial charge in [0.2, 0.25) is 0 Å². The van der Waals surface area contributed by atoms with E-state index in [9.17, 15) is 9.18 Å². The van der Waals surface area contributed by atoms with E-state index in [1.54, 1.807) is 18.3 Å². The topological polar surface area (TPSA) is 32.9 Å². The molecule has 1 aliphatic rings. The first-order valence-corrected chi connectivity index (χ1v) is 6.07. The van der Waals surface area contributed by atoms with Crippen molar-refractivity contribution < 1.29 is 9.18 Å². The van der Waals surface area contributed by atoms with Crippen LogP contribution in [0.2, 0.25) is 0 Å². The van der Waals surface area contributed by atoms with Crippen LogP contribution in [0.1, 0.15) is 36.0 Å². The van der Waals surface area contributed by atoms with Gasteiger partial charge in [0.25, 0.3) is 0 Å². The van der Waals surface area contributed by atoms with Crippen LogP contribution in [0, 0.1) is 11.7 Å². The van der Waals surface area contributed by atoms with Crippen molar-refractivity contribution in [2.75, 3.05) is 0 Å².